The van der Waals surface area contributed by atoms with Gasteiger partial charge in [-0.15, -0.1) is 0 Å². The van der Waals surface area contributed by atoms with Crippen molar-refractivity contribution < 1.29 is 9.63 Å². The van der Waals surface area contributed by atoms with E-state index in [1.807, 2.05) is 60.7 Å². The summed E-state index contributed by atoms with van der Waals surface area (Å²) in [6, 6.07) is 19.0. The number of hydrogen-bond acceptors (Lipinski definition) is 2. The first-order chi connectivity index (χ1) is 9.84. The second kappa shape index (κ2) is 5.59. The number of benzene rings is 2. The smallest absolute Gasteiger partial charge is 0.268 e. The summed E-state index contributed by atoms with van der Waals surface area (Å²) < 4.78 is 1.53. The Morgan fingerprint density at radius 1 is 1.00 bits per heavy atom. The Morgan fingerprint density at radius 2 is 1.75 bits per heavy atom. The zero-order chi connectivity index (χ0) is 13.8. The van der Waals surface area contributed by atoms with E-state index in [0.717, 1.165) is 16.5 Å². The van der Waals surface area contributed by atoms with Gasteiger partial charge in [0.1, 0.15) is 0 Å². The normalized spacial score (nSPS) is 10.6. The average Bonchev–Trinajstić information content (AvgIpc) is 2.92. The number of para-hydroxylation sites is 1. The molecule has 0 saturated carbocycles. The quantitative estimate of drug-likeness (QED) is 0.739. The van der Waals surface area contributed by atoms with Crippen molar-refractivity contribution in [3.63, 3.8) is 0 Å². The van der Waals surface area contributed by atoms with Crippen LogP contribution in [0, 0.1) is 0 Å². The maximum absolute atomic E-state index is 12.0. The molecule has 0 spiro atoms. The van der Waals surface area contributed by atoms with Gasteiger partial charge in [-0.2, -0.15) is 0 Å². The maximum atomic E-state index is 12.0. The first kappa shape index (κ1) is 12.4. The van der Waals surface area contributed by atoms with E-state index < -0.39 is 0 Å². The number of aromatic nitrogens is 1. The van der Waals surface area contributed by atoms with Crippen LogP contribution in [0.3, 0.4) is 0 Å². The Bertz CT molecular complexity index is 719. The van der Waals surface area contributed by atoms with Gasteiger partial charge in [0, 0.05) is 11.6 Å². The molecule has 3 rings (SSSR count). The van der Waals surface area contributed by atoms with Crippen molar-refractivity contribution in [3.05, 3.63) is 72.4 Å². The summed E-state index contributed by atoms with van der Waals surface area (Å²) in [5.74, 6) is 0. The third-order valence-electron chi connectivity index (χ3n) is 3.06. The molecule has 0 aliphatic heterocycles. The van der Waals surface area contributed by atoms with Crippen LogP contribution in [0.1, 0.15) is 5.56 Å². The Balaban J connectivity index is 1.65. The van der Waals surface area contributed by atoms with Crippen LogP contribution in [0.15, 0.2) is 66.9 Å². The van der Waals surface area contributed by atoms with Crippen LogP contribution < -0.4 is 5.48 Å². The van der Waals surface area contributed by atoms with E-state index in [0.29, 0.717) is 6.61 Å². The molecule has 20 heavy (non-hydrogen) atoms. The molecule has 3 aromatic rings. The summed E-state index contributed by atoms with van der Waals surface area (Å²) in [6.07, 6.45) is 1.73. The van der Waals surface area contributed by atoms with Crippen LogP contribution >= 0.6 is 0 Å². The third kappa shape index (κ3) is 2.55. The lowest BCUT2D eigenvalue weighted by Crippen LogP contribution is -2.27. The lowest BCUT2D eigenvalue weighted by molar-refractivity contribution is 0.0498. The molecule has 0 atom stereocenters. The van der Waals surface area contributed by atoms with Crippen LogP contribution in [0.2, 0.25) is 0 Å². The molecule has 100 valence electrons. The predicted octanol–water partition coefficient (Wildman–Crippen LogP) is 3.33. The molecular formula is C16H14N2O2. The van der Waals surface area contributed by atoms with E-state index in [1.54, 1.807) is 6.20 Å². The van der Waals surface area contributed by atoms with Gasteiger partial charge in [0.25, 0.3) is 0 Å². The SMILES string of the molecule is O=C(NOCc1ccccc1)n1ccc2ccccc21. The summed E-state index contributed by atoms with van der Waals surface area (Å²) in [6.45, 7) is 0.339. The number of hydroxylamine groups is 1. The maximum Gasteiger partial charge on any atom is 0.349 e. The summed E-state index contributed by atoms with van der Waals surface area (Å²) in [7, 11) is 0. The van der Waals surface area contributed by atoms with Crippen LogP contribution in [-0.4, -0.2) is 10.6 Å². The fourth-order valence-electron chi connectivity index (χ4n) is 2.06. The summed E-state index contributed by atoms with van der Waals surface area (Å²) in [5, 5.41) is 1.02. The van der Waals surface area contributed by atoms with E-state index in [2.05, 4.69) is 5.48 Å². The first-order valence-corrected chi connectivity index (χ1v) is 6.37. The topological polar surface area (TPSA) is 43.3 Å². The molecule has 1 heterocycles. The van der Waals surface area contributed by atoms with E-state index in [4.69, 9.17) is 4.84 Å². The highest BCUT2D eigenvalue weighted by Crippen LogP contribution is 2.14. The van der Waals surface area contributed by atoms with Crippen LogP contribution in [0.5, 0.6) is 0 Å². The van der Waals surface area contributed by atoms with E-state index in [-0.39, 0.29) is 6.03 Å². The summed E-state index contributed by atoms with van der Waals surface area (Å²) in [4.78, 5) is 17.3. The van der Waals surface area contributed by atoms with E-state index in [9.17, 15) is 4.79 Å². The van der Waals surface area contributed by atoms with Gasteiger partial charge in [-0.1, -0.05) is 48.5 Å². The van der Waals surface area contributed by atoms with Crippen molar-refractivity contribution in [3.8, 4) is 0 Å². The molecule has 0 aliphatic rings. The largest absolute Gasteiger partial charge is 0.349 e. The highest BCUT2D eigenvalue weighted by molar-refractivity contribution is 5.91. The molecule has 4 nitrogen and oxygen atoms in total. The van der Waals surface area contributed by atoms with Gasteiger partial charge in [0.15, 0.2) is 0 Å². The van der Waals surface area contributed by atoms with E-state index in [1.165, 1.54) is 4.57 Å². The van der Waals surface area contributed by atoms with Crippen molar-refractivity contribution in [1.29, 1.82) is 0 Å². The molecule has 4 heteroatoms. The Morgan fingerprint density at radius 3 is 2.60 bits per heavy atom. The fraction of sp³-hybridized carbons (Fsp3) is 0.0625. The number of carbonyl (C=O) groups is 1. The summed E-state index contributed by atoms with van der Waals surface area (Å²) in [5.41, 5.74) is 4.31. The number of nitrogens with one attached hydrogen (secondary N) is 1. The second-order valence-electron chi connectivity index (χ2n) is 4.43. The minimum absolute atomic E-state index is 0.304. The van der Waals surface area contributed by atoms with E-state index >= 15 is 0 Å². The Hall–Kier alpha value is -2.59. The first-order valence-electron chi connectivity index (χ1n) is 6.37. The van der Waals surface area contributed by atoms with Gasteiger partial charge in [-0.25, -0.2) is 10.3 Å². The van der Waals surface area contributed by atoms with Crippen molar-refractivity contribution in [2.24, 2.45) is 0 Å². The number of amides is 1. The van der Waals surface area contributed by atoms with Gasteiger partial charge in [-0.3, -0.25) is 9.40 Å². The molecule has 0 bridgehead atoms. The lowest BCUT2D eigenvalue weighted by atomic mass is 10.2. The molecule has 0 fully saturated rings. The van der Waals surface area contributed by atoms with Gasteiger partial charge < -0.3 is 0 Å². The minimum Gasteiger partial charge on any atom is -0.268 e. The predicted molar refractivity (Wildman–Crippen MR) is 77.1 cm³/mol. The molecule has 1 aromatic heterocycles. The number of hydrogen-bond donors (Lipinski definition) is 1. The van der Waals surface area contributed by atoms with Crippen molar-refractivity contribution in [1.82, 2.24) is 10.0 Å². The highest BCUT2D eigenvalue weighted by atomic mass is 16.7. The lowest BCUT2D eigenvalue weighted by Gasteiger charge is -2.07. The Labute approximate surface area is 116 Å². The number of rotatable bonds is 3. The summed E-state index contributed by atoms with van der Waals surface area (Å²) >= 11 is 0. The zero-order valence-corrected chi connectivity index (χ0v) is 10.8. The third-order valence-corrected chi connectivity index (χ3v) is 3.06. The molecule has 2 aromatic carbocycles. The van der Waals surface area contributed by atoms with Crippen molar-refractivity contribution in [2.75, 3.05) is 0 Å². The molecule has 1 N–H and O–H groups in total. The van der Waals surface area contributed by atoms with Crippen LogP contribution in [-0.2, 0) is 11.4 Å². The fourth-order valence-corrected chi connectivity index (χ4v) is 2.06. The molecule has 0 unspecified atom stereocenters. The zero-order valence-electron chi connectivity index (χ0n) is 10.8. The standard InChI is InChI=1S/C16H14N2O2/c19-16(17-20-12-13-6-2-1-3-7-13)18-11-10-14-8-4-5-9-15(14)18/h1-11H,12H2,(H,17,19). The van der Waals surface area contributed by atoms with Crippen molar-refractivity contribution in [2.45, 2.75) is 6.61 Å². The Kier molecular flexibility index (Phi) is 3.48. The molecule has 1 amide bonds. The number of carbonyl (C=O) groups excluding carboxylic acids is 1. The molecular weight excluding hydrogens is 252 g/mol. The average molecular weight is 266 g/mol. The monoisotopic (exact) mass is 266 g/mol. The van der Waals surface area contributed by atoms with Crippen LogP contribution in [0.4, 0.5) is 4.79 Å². The van der Waals surface area contributed by atoms with Gasteiger partial charge in [0.2, 0.25) is 0 Å². The van der Waals surface area contributed by atoms with Gasteiger partial charge in [-0.05, 0) is 17.7 Å². The second-order valence-corrected chi connectivity index (χ2v) is 4.43. The minimum atomic E-state index is -0.304. The number of nitrogens with zero attached hydrogens (tertiary/aromatic N) is 1. The molecule has 0 radical (unpaired) electrons. The van der Waals surface area contributed by atoms with Gasteiger partial charge >= 0.3 is 6.03 Å². The van der Waals surface area contributed by atoms with Gasteiger partial charge in [0.05, 0.1) is 12.1 Å². The molecule has 0 saturated heterocycles. The molecule has 0 aliphatic carbocycles. The highest BCUT2D eigenvalue weighted by Gasteiger charge is 2.07. The van der Waals surface area contributed by atoms with Crippen LogP contribution in [0.25, 0.3) is 10.9 Å². The number of fused-ring (bicyclic) bond motifs is 1. The van der Waals surface area contributed by atoms with Crippen molar-refractivity contribution >= 4 is 16.9 Å².